The number of hydrogen-bond donors (Lipinski definition) is 0. The van der Waals surface area contributed by atoms with Crippen molar-refractivity contribution in [3.63, 3.8) is 0 Å². The van der Waals surface area contributed by atoms with Crippen LogP contribution in [0.3, 0.4) is 0 Å². The summed E-state index contributed by atoms with van der Waals surface area (Å²) in [6, 6.07) is 9.45. The van der Waals surface area contributed by atoms with Gasteiger partial charge >= 0.3 is 0 Å². The van der Waals surface area contributed by atoms with Gasteiger partial charge in [-0.05, 0) is 41.5 Å². The Morgan fingerprint density at radius 2 is 1.85 bits per heavy atom. The van der Waals surface area contributed by atoms with Crippen molar-refractivity contribution < 1.29 is 9.18 Å². The maximum absolute atomic E-state index is 13.2. The highest BCUT2D eigenvalue weighted by atomic mass is 79.9. The lowest BCUT2D eigenvalue weighted by atomic mass is 10.0. The van der Waals surface area contributed by atoms with Gasteiger partial charge in [0, 0.05) is 27.4 Å². The molecule has 0 aromatic heterocycles. The topological polar surface area (TPSA) is 17.1 Å². The molecule has 2 aromatic carbocycles. The van der Waals surface area contributed by atoms with E-state index < -0.39 is 0 Å². The smallest absolute Gasteiger partial charge is 0.141 e. The summed E-state index contributed by atoms with van der Waals surface area (Å²) in [6.45, 7) is 0. The van der Waals surface area contributed by atoms with Gasteiger partial charge in [0.15, 0.2) is 0 Å². The van der Waals surface area contributed by atoms with Gasteiger partial charge in [-0.1, -0.05) is 45.2 Å². The number of Topliss-reactive ketones (excluding diaryl/α,β-unsaturated/α-hetero) is 1. The van der Waals surface area contributed by atoms with Gasteiger partial charge in [-0.3, -0.25) is 4.79 Å². The summed E-state index contributed by atoms with van der Waals surface area (Å²) in [4.78, 5) is 12.0. The molecule has 0 saturated carbocycles. The molecule has 0 bridgehead atoms. The number of hydrogen-bond acceptors (Lipinski definition) is 1. The second-order valence-electron chi connectivity index (χ2n) is 4.41. The number of ketones is 1. The number of rotatable bonds is 4. The summed E-state index contributed by atoms with van der Waals surface area (Å²) in [5, 5.41) is 0.992. The van der Waals surface area contributed by atoms with Crippen molar-refractivity contribution in [3.05, 3.63) is 67.9 Å². The number of benzene rings is 2. The predicted octanol–water partition coefficient (Wildman–Crippen LogP) is 5.25. The summed E-state index contributed by atoms with van der Waals surface area (Å²) in [5.41, 5.74) is 1.35. The van der Waals surface area contributed by atoms with Crippen LogP contribution in [0, 0.1) is 5.82 Å². The van der Waals surface area contributed by atoms with E-state index >= 15 is 0 Å². The lowest BCUT2D eigenvalue weighted by molar-refractivity contribution is -0.117. The summed E-state index contributed by atoms with van der Waals surface area (Å²) >= 11 is 15.0. The number of halogens is 4. The summed E-state index contributed by atoms with van der Waals surface area (Å²) in [7, 11) is 0. The van der Waals surface area contributed by atoms with Gasteiger partial charge in [0.25, 0.3) is 0 Å². The zero-order valence-corrected chi connectivity index (χ0v) is 13.4. The summed E-state index contributed by atoms with van der Waals surface area (Å²) in [5.74, 6) is -0.404. The van der Waals surface area contributed by atoms with Gasteiger partial charge < -0.3 is 0 Å². The van der Waals surface area contributed by atoms with Gasteiger partial charge in [-0.2, -0.15) is 0 Å². The van der Waals surface area contributed by atoms with Gasteiger partial charge in [0.1, 0.15) is 11.6 Å². The molecule has 2 aromatic rings. The van der Waals surface area contributed by atoms with Crippen LogP contribution in [0.1, 0.15) is 11.1 Å². The van der Waals surface area contributed by atoms with Crippen molar-refractivity contribution in [1.29, 1.82) is 0 Å². The lowest BCUT2D eigenvalue weighted by Gasteiger charge is -2.05. The first-order valence-corrected chi connectivity index (χ1v) is 7.39. The molecule has 0 heterocycles. The van der Waals surface area contributed by atoms with Crippen LogP contribution in [0.25, 0.3) is 0 Å². The standard InChI is InChI=1S/C15H10BrCl2FO/c16-11-3-9(4-13(19)7-11)5-14(20)6-10-1-2-12(17)8-15(10)18/h1-4,7-8H,5-6H2. The molecule has 0 aliphatic heterocycles. The van der Waals surface area contributed by atoms with Crippen LogP contribution in [0.15, 0.2) is 40.9 Å². The van der Waals surface area contributed by atoms with E-state index in [0.717, 1.165) is 5.56 Å². The Morgan fingerprint density at radius 1 is 1.10 bits per heavy atom. The van der Waals surface area contributed by atoms with E-state index in [9.17, 15) is 9.18 Å². The van der Waals surface area contributed by atoms with Crippen LogP contribution in [0.5, 0.6) is 0 Å². The monoisotopic (exact) mass is 374 g/mol. The molecule has 0 spiro atoms. The third-order valence-electron chi connectivity index (χ3n) is 2.73. The first kappa shape index (κ1) is 15.5. The molecule has 0 saturated heterocycles. The predicted molar refractivity (Wildman–Crippen MR) is 83.0 cm³/mol. The molecule has 104 valence electrons. The maximum atomic E-state index is 13.2. The quantitative estimate of drug-likeness (QED) is 0.713. The zero-order valence-electron chi connectivity index (χ0n) is 10.3. The second kappa shape index (κ2) is 6.70. The van der Waals surface area contributed by atoms with Gasteiger partial charge in [0.05, 0.1) is 0 Å². The van der Waals surface area contributed by atoms with E-state index in [4.69, 9.17) is 23.2 Å². The summed E-state index contributed by atoms with van der Waals surface area (Å²) < 4.78 is 13.9. The minimum atomic E-state index is -0.369. The van der Waals surface area contributed by atoms with Crippen molar-refractivity contribution in [1.82, 2.24) is 0 Å². The van der Waals surface area contributed by atoms with E-state index in [1.165, 1.54) is 12.1 Å². The first-order valence-electron chi connectivity index (χ1n) is 5.84. The molecule has 2 rings (SSSR count). The van der Waals surface area contributed by atoms with E-state index in [-0.39, 0.29) is 24.4 Å². The van der Waals surface area contributed by atoms with Crippen LogP contribution < -0.4 is 0 Å². The molecule has 0 radical (unpaired) electrons. The Morgan fingerprint density at radius 3 is 2.50 bits per heavy atom. The van der Waals surface area contributed by atoms with Gasteiger partial charge in [0.2, 0.25) is 0 Å². The second-order valence-corrected chi connectivity index (χ2v) is 6.16. The molecule has 0 aliphatic rings. The van der Waals surface area contributed by atoms with E-state index in [2.05, 4.69) is 15.9 Å². The molecule has 0 aliphatic carbocycles. The van der Waals surface area contributed by atoms with Crippen LogP contribution in [-0.4, -0.2) is 5.78 Å². The highest BCUT2D eigenvalue weighted by molar-refractivity contribution is 9.10. The Balaban J connectivity index is 2.09. The third-order valence-corrected chi connectivity index (χ3v) is 3.77. The van der Waals surface area contributed by atoms with Crippen LogP contribution >= 0.6 is 39.1 Å². The number of carbonyl (C=O) groups is 1. The average molecular weight is 376 g/mol. The Hall–Kier alpha value is -0.900. The molecule has 1 nitrogen and oxygen atoms in total. The fraction of sp³-hybridized carbons (Fsp3) is 0.133. The highest BCUT2D eigenvalue weighted by Crippen LogP contribution is 2.22. The largest absolute Gasteiger partial charge is 0.299 e. The Labute approximate surface area is 134 Å². The molecule has 0 atom stereocenters. The van der Waals surface area contributed by atoms with Gasteiger partial charge in [-0.25, -0.2) is 4.39 Å². The average Bonchev–Trinajstić information content (AvgIpc) is 2.31. The van der Waals surface area contributed by atoms with Crippen molar-refractivity contribution in [2.75, 3.05) is 0 Å². The molecule has 0 unspecified atom stereocenters. The van der Waals surface area contributed by atoms with Crippen molar-refractivity contribution in [3.8, 4) is 0 Å². The normalized spacial score (nSPS) is 10.6. The molecule has 20 heavy (non-hydrogen) atoms. The van der Waals surface area contributed by atoms with E-state index in [1.807, 2.05) is 0 Å². The SMILES string of the molecule is O=C(Cc1cc(F)cc(Br)c1)Cc1ccc(Cl)cc1Cl. The van der Waals surface area contributed by atoms with Gasteiger partial charge in [-0.15, -0.1) is 0 Å². The van der Waals surface area contributed by atoms with Crippen molar-refractivity contribution in [2.45, 2.75) is 12.8 Å². The third kappa shape index (κ3) is 4.30. The van der Waals surface area contributed by atoms with Crippen LogP contribution in [-0.2, 0) is 17.6 Å². The minimum absolute atomic E-state index is 0.0354. The zero-order chi connectivity index (χ0) is 14.7. The molecule has 5 heteroatoms. The fourth-order valence-electron chi connectivity index (χ4n) is 1.88. The highest BCUT2D eigenvalue weighted by Gasteiger charge is 2.10. The molecular weight excluding hydrogens is 366 g/mol. The molecule has 0 amide bonds. The van der Waals surface area contributed by atoms with E-state index in [1.54, 1.807) is 24.3 Å². The molecule has 0 N–H and O–H groups in total. The maximum Gasteiger partial charge on any atom is 0.141 e. The first-order chi connectivity index (χ1) is 9.44. The van der Waals surface area contributed by atoms with Crippen LogP contribution in [0.2, 0.25) is 10.0 Å². The van der Waals surface area contributed by atoms with Crippen molar-refractivity contribution >= 4 is 44.9 Å². The number of carbonyl (C=O) groups excluding carboxylic acids is 1. The molecule has 0 fully saturated rings. The van der Waals surface area contributed by atoms with Crippen LogP contribution in [0.4, 0.5) is 4.39 Å². The van der Waals surface area contributed by atoms with Crippen molar-refractivity contribution in [2.24, 2.45) is 0 Å². The fourth-order valence-corrected chi connectivity index (χ4v) is 2.87. The van der Waals surface area contributed by atoms with E-state index in [0.29, 0.717) is 20.1 Å². The minimum Gasteiger partial charge on any atom is -0.299 e. The Kier molecular flexibility index (Phi) is 5.19. The Bertz CT molecular complexity index is 638. The summed E-state index contributed by atoms with van der Waals surface area (Å²) in [6.07, 6.45) is 0.361. The molecular formula is C15H10BrCl2FO. The lowest BCUT2D eigenvalue weighted by Crippen LogP contribution is -2.07.